The largest absolute Gasteiger partial charge is 0.454 e. The van der Waals surface area contributed by atoms with Crippen molar-refractivity contribution in [3.05, 3.63) is 23.3 Å². The van der Waals surface area contributed by atoms with Crippen molar-refractivity contribution >= 4 is 5.97 Å². The molecule has 0 spiro atoms. The molecule has 0 saturated heterocycles. The summed E-state index contributed by atoms with van der Waals surface area (Å²) in [5.41, 5.74) is 3.06. The number of hydrogen-bond acceptors (Lipinski definition) is 2. The molecule has 80 valence electrons. The Morgan fingerprint density at radius 3 is 3.27 bits per heavy atom. The maximum Gasteiger partial charge on any atom is 0.331 e. The maximum absolute atomic E-state index is 11.2. The number of esters is 1. The molecule has 0 aromatic carbocycles. The zero-order valence-corrected chi connectivity index (χ0v) is 9.08. The van der Waals surface area contributed by atoms with Gasteiger partial charge in [-0.2, -0.15) is 0 Å². The first-order valence-electron chi connectivity index (χ1n) is 5.78. The highest BCUT2D eigenvalue weighted by molar-refractivity contribution is 5.86. The number of hydrogen-bond donors (Lipinski definition) is 0. The topological polar surface area (TPSA) is 26.3 Å². The summed E-state index contributed by atoms with van der Waals surface area (Å²) < 4.78 is 5.29. The smallest absolute Gasteiger partial charge is 0.331 e. The minimum Gasteiger partial charge on any atom is -0.454 e. The Kier molecular flexibility index (Phi) is 1.82. The second kappa shape index (κ2) is 2.97. The van der Waals surface area contributed by atoms with E-state index in [-0.39, 0.29) is 12.1 Å². The Morgan fingerprint density at radius 1 is 1.53 bits per heavy atom. The summed E-state index contributed by atoms with van der Waals surface area (Å²) in [6, 6.07) is 0. The average Bonchev–Trinajstić information content (AvgIpc) is 2.52. The molecule has 0 radical (unpaired) electrons. The van der Waals surface area contributed by atoms with Crippen LogP contribution in [-0.4, -0.2) is 12.1 Å². The van der Waals surface area contributed by atoms with Crippen LogP contribution in [0, 0.1) is 5.41 Å². The van der Waals surface area contributed by atoms with Gasteiger partial charge in [0.2, 0.25) is 0 Å². The van der Waals surface area contributed by atoms with Crippen molar-refractivity contribution in [3.8, 4) is 0 Å². The molecule has 0 aromatic rings. The van der Waals surface area contributed by atoms with E-state index in [1.54, 1.807) is 6.08 Å². The summed E-state index contributed by atoms with van der Waals surface area (Å²) in [5, 5.41) is 0. The minimum absolute atomic E-state index is 0.0647. The molecule has 1 saturated carbocycles. The van der Waals surface area contributed by atoms with E-state index in [4.69, 9.17) is 4.74 Å². The lowest BCUT2D eigenvalue weighted by Gasteiger charge is -2.41. The Bertz CT molecular complexity index is 378. The molecule has 2 nitrogen and oxygen atoms in total. The van der Waals surface area contributed by atoms with Crippen LogP contribution in [0.15, 0.2) is 23.3 Å². The van der Waals surface area contributed by atoms with Crippen LogP contribution >= 0.6 is 0 Å². The van der Waals surface area contributed by atoms with Gasteiger partial charge in [-0.25, -0.2) is 4.79 Å². The van der Waals surface area contributed by atoms with Crippen LogP contribution in [0.5, 0.6) is 0 Å². The Balaban J connectivity index is 1.95. The molecule has 3 aliphatic rings. The fourth-order valence-corrected chi connectivity index (χ4v) is 3.19. The van der Waals surface area contributed by atoms with Gasteiger partial charge >= 0.3 is 5.97 Å². The molecule has 1 aliphatic heterocycles. The lowest BCUT2D eigenvalue weighted by atomic mass is 9.64. The van der Waals surface area contributed by atoms with E-state index in [0.717, 1.165) is 12.8 Å². The molecular weight excluding hydrogens is 188 g/mol. The molecule has 0 amide bonds. The third kappa shape index (κ3) is 1.35. The summed E-state index contributed by atoms with van der Waals surface area (Å²) in [4.78, 5) is 11.2. The molecule has 1 heterocycles. The van der Waals surface area contributed by atoms with E-state index in [1.165, 1.54) is 30.4 Å². The van der Waals surface area contributed by atoms with Crippen LogP contribution in [-0.2, 0) is 9.53 Å². The van der Waals surface area contributed by atoms with E-state index >= 15 is 0 Å². The van der Waals surface area contributed by atoms with Gasteiger partial charge < -0.3 is 4.74 Å². The molecule has 1 fully saturated rings. The van der Waals surface area contributed by atoms with Gasteiger partial charge in [0.25, 0.3) is 0 Å². The lowest BCUT2D eigenvalue weighted by molar-refractivity contribution is -0.139. The van der Waals surface area contributed by atoms with Gasteiger partial charge in [0, 0.05) is 12.5 Å². The van der Waals surface area contributed by atoms with Crippen LogP contribution in [0.1, 0.15) is 39.0 Å². The molecular formula is C13H16O2. The number of carbonyl (C=O) groups excluding carboxylic acids is 1. The molecule has 0 N–H and O–H groups in total. The second-order valence-corrected chi connectivity index (χ2v) is 5.21. The van der Waals surface area contributed by atoms with E-state index in [0.29, 0.717) is 5.41 Å². The van der Waals surface area contributed by atoms with Crippen molar-refractivity contribution in [2.75, 3.05) is 0 Å². The van der Waals surface area contributed by atoms with Crippen LogP contribution in [0.2, 0.25) is 0 Å². The third-order valence-electron chi connectivity index (χ3n) is 4.07. The molecule has 0 unspecified atom stereocenters. The predicted octanol–water partition coefficient (Wildman–Crippen LogP) is 2.75. The summed E-state index contributed by atoms with van der Waals surface area (Å²) >= 11 is 0. The lowest BCUT2D eigenvalue weighted by Crippen LogP contribution is -2.32. The summed E-state index contributed by atoms with van der Waals surface area (Å²) in [5.74, 6) is -0.141. The number of ether oxygens (including phenoxy) is 1. The highest BCUT2D eigenvalue weighted by atomic mass is 16.5. The van der Waals surface area contributed by atoms with Crippen LogP contribution in [0.25, 0.3) is 0 Å². The zero-order valence-electron chi connectivity index (χ0n) is 9.08. The third-order valence-corrected chi connectivity index (χ3v) is 4.07. The van der Waals surface area contributed by atoms with Crippen LogP contribution in [0.4, 0.5) is 0 Å². The van der Waals surface area contributed by atoms with E-state index in [9.17, 15) is 4.79 Å². The van der Waals surface area contributed by atoms with Crippen LogP contribution < -0.4 is 0 Å². The summed E-state index contributed by atoms with van der Waals surface area (Å²) in [6.07, 6.45) is 9.85. The normalized spacial score (nSPS) is 38.7. The summed E-state index contributed by atoms with van der Waals surface area (Å²) in [6.45, 7) is 2.33. The quantitative estimate of drug-likeness (QED) is 0.448. The fourth-order valence-electron chi connectivity index (χ4n) is 3.19. The highest BCUT2D eigenvalue weighted by Crippen LogP contribution is 2.50. The van der Waals surface area contributed by atoms with E-state index in [1.807, 2.05) is 0 Å². The molecule has 0 bridgehead atoms. The second-order valence-electron chi connectivity index (χ2n) is 5.21. The first kappa shape index (κ1) is 9.20. The number of rotatable bonds is 0. The zero-order chi connectivity index (χ0) is 10.5. The molecule has 2 heteroatoms. The van der Waals surface area contributed by atoms with Gasteiger partial charge in [0.05, 0.1) is 0 Å². The standard InChI is InChI=1S/C13H16O2/c1-13-5-3-2-4-10(13)7-11-9(8-13)6-12(14)15-11/h4,6,11H,2-3,5,7-8H2,1H3/t11-,13+/m0/s1. The Hall–Kier alpha value is -1.05. The Labute approximate surface area is 90.0 Å². The number of fused-ring (bicyclic) bond motifs is 2. The van der Waals surface area contributed by atoms with Crippen molar-refractivity contribution in [1.29, 1.82) is 0 Å². The van der Waals surface area contributed by atoms with Crippen molar-refractivity contribution in [3.63, 3.8) is 0 Å². The van der Waals surface area contributed by atoms with Gasteiger partial charge in [0.1, 0.15) is 6.10 Å². The SMILES string of the molecule is C[C@]12CCCC=C1C[C@@H]1OC(=O)C=C1C2. The van der Waals surface area contributed by atoms with Gasteiger partial charge in [0.15, 0.2) is 0 Å². The van der Waals surface area contributed by atoms with E-state index < -0.39 is 0 Å². The van der Waals surface area contributed by atoms with Gasteiger partial charge in [-0.05, 0) is 36.7 Å². The van der Waals surface area contributed by atoms with Crippen LogP contribution in [0.3, 0.4) is 0 Å². The maximum atomic E-state index is 11.2. The van der Waals surface area contributed by atoms with Crippen molar-refractivity contribution in [2.45, 2.75) is 45.1 Å². The first-order chi connectivity index (χ1) is 7.17. The minimum atomic E-state index is -0.141. The monoisotopic (exact) mass is 204 g/mol. The molecule has 15 heavy (non-hydrogen) atoms. The molecule has 2 aliphatic carbocycles. The number of carbonyl (C=O) groups is 1. The van der Waals surface area contributed by atoms with Gasteiger partial charge in [-0.15, -0.1) is 0 Å². The predicted molar refractivity (Wildman–Crippen MR) is 57.2 cm³/mol. The fraction of sp³-hybridized carbons (Fsp3) is 0.615. The number of allylic oxidation sites excluding steroid dienone is 1. The summed E-state index contributed by atoms with van der Waals surface area (Å²) in [7, 11) is 0. The first-order valence-corrected chi connectivity index (χ1v) is 5.78. The molecule has 3 rings (SSSR count). The van der Waals surface area contributed by atoms with Crippen molar-refractivity contribution in [2.24, 2.45) is 5.41 Å². The average molecular weight is 204 g/mol. The van der Waals surface area contributed by atoms with Crippen molar-refractivity contribution in [1.82, 2.24) is 0 Å². The van der Waals surface area contributed by atoms with Gasteiger partial charge in [-0.1, -0.05) is 18.6 Å². The highest BCUT2D eigenvalue weighted by Gasteiger charge is 2.42. The van der Waals surface area contributed by atoms with Gasteiger partial charge in [-0.3, -0.25) is 0 Å². The van der Waals surface area contributed by atoms with Crippen molar-refractivity contribution < 1.29 is 9.53 Å². The van der Waals surface area contributed by atoms with E-state index in [2.05, 4.69) is 13.0 Å². The Morgan fingerprint density at radius 2 is 2.40 bits per heavy atom. The molecule has 2 atom stereocenters. The molecule has 0 aromatic heterocycles.